The zero-order valence-corrected chi connectivity index (χ0v) is 13.9. The molecule has 118 valence electrons. The monoisotopic (exact) mass is 292 g/mol. The van der Waals surface area contributed by atoms with E-state index in [-0.39, 0.29) is 0 Å². The third-order valence-electron chi connectivity index (χ3n) is 3.66. The van der Waals surface area contributed by atoms with E-state index in [1.54, 1.807) is 0 Å². The van der Waals surface area contributed by atoms with Crippen molar-refractivity contribution >= 4 is 5.82 Å². The zero-order chi connectivity index (χ0) is 15.4. The van der Waals surface area contributed by atoms with Gasteiger partial charge in [0.1, 0.15) is 11.6 Å². The van der Waals surface area contributed by atoms with Crippen LogP contribution in [0.3, 0.4) is 0 Å². The number of rotatable bonds is 5. The summed E-state index contributed by atoms with van der Waals surface area (Å²) < 4.78 is 5.65. The van der Waals surface area contributed by atoms with Crippen LogP contribution in [-0.4, -0.2) is 48.4 Å². The quantitative estimate of drug-likeness (QED) is 0.901. The number of nitrogens with zero attached hydrogens (tertiary/aromatic N) is 3. The number of anilines is 1. The van der Waals surface area contributed by atoms with Crippen molar-refractivity contribution in [2.45, 2.75) is 52.6 Å². The summed E-state index contributed by atoms with van der Waals surface area (Å²) in [6.45, 7) is 14.0. The summed E-state index contributed by atoms with van der Waals surface area (Å²) in [5, 5.41) is 3.50. The number of morpholine rings is 1. The molecule has 2 rings (SSSR count). The van der Waals surface area contributed by atoms with Gasteiger partial charge in [-0.05, 0) is 6.92 Å². The van der Waals surface area contributed by atoms with E-state index in [1.165, 1.54) is 0 Å². The Kier molecular flexibility index (Phi) is 5.53. The van der Waals surface area contributed by atoms with Crippen LogP contribution in [0.5, 0.6) is 0 Å². The normalized spacial score (nSPS) is 19.6. The summed E-state index contributed by atoms with van der Waals surface area (Å²) in [7, 11) is 0. The molecule has 0 aliphatic carbocycles. The highest BCUT2D eigenvalue weighted by Crippen LogP contribution is 2.21. The summed E-state index contributed by atoms with van der Waals surface area (Å²) in [6, 6.07) is 2.89. The second kappa shape index (κ2) is 7.18. The van der Waals surface area contributed by atoms with Crippen molar-refractivity contribution in [3.05, 3.63) is 17.6 Å². The summed E-state index contributed by atoms with van der Waals surface area (Å²) in [6.07, 6.45) is 0. The smallest absolute Gasteiger partial charge is 0.133 e. The molecule has 21 heavy (non-hydrogen) atoms. The topological polar surface area (TPSA) is 50.3 Å². The fourth-order valence-corrected chi connectivity index (χ4v) is 2.48. The minimum absolute atomic E-state index is 0.329. The molecule has 1 aliphatic heterocycles. The van der Waals surface area contributed by atoms with E-state index in [1.807, 2.05) is 6.92 Å². The molecule has 0 saturated carbocycles. The maximum atomic E-state index is 5.65. The Labute approximate surface area is 128 Å². The van der Waals surface area contributed by atoms with Crippen molar-refractivity contribution in [2.24, 2.45) is 0 Å². The van der Waals surface area contributed by atoms with Crippen molar-refractivity contribution < 1.29 is 4.74 Å². The molecule has 1 aliphatic rings. The fourth-order valence-electron chi connectivity index (χ4n) is 2.48. The van der Waals surface area contributed by atoms with Crippen LogP contribution in [0.2, 0.25) is 0 Å². The number of hydrogen-bond acceptors (Lipinski definition) is 5. The molecule has 0 bridgehead atoms. The third kappa shape index (κ3) is 4.38. The van der Waals surface area contributed by atoms with Crippen LogP contribution in [0.1, 0.15) is 45.1 Å². The van der Waals surface area contributed by atoms with Crippen molar-refractivity contribution in [2.75, 3.05) is 31.2 Å². The second-order valence-corrected chi connectivity index (χ2v) is 6.37. The van der Waals surface area contributed by atoms with Crippen LogP contribution in [0.4, 0.5) is 5.82 Å². The predicted molar refractivity (Wildman–Crippen MR) is 85.9 cm³/mol. The first-order valence-electron chi connectivity index (χ1n) is 7.90. The highest BCUT2D eigenvalue weighted by atomic mass is 16.5. The molecule has 5 nitrogen and oxygen atoms in total. The molecule has 1 atom stereocenters. The van der Waals surface area contributed by atoms with Gasteiger partial charge in [-0.1, -0.05) is 27.7 Å². The molecule has 1 unspecified atom stereocenters. The first-order valence-corrected chi connectivity index (χ1v) is 7.90. The summed E-state index contributed by atoms with van der Waals surface area (Å²) >= 11 is 0. The van der Waals surface area contributed by atoms with Gasteiger partial charge in [-0.15, -0.1) is 0 Å². The van der Waals surface area contributed by atoms with E-state index in [9.17, 15) is 0 Å². The van der Waals surface area contributed by atoms with E-state index >= 15 is 0 Å². The lowest BCUT2D eigenvalue weighted by Crippen LogP contribution is -2.51. The van der Waals surface area contributed by atoms with Crippen molar-refractivity contribution in [1.29, 1.82) is 0 Å². The summed E-state index contributed by atoms with van der Waals surface area (Å²) in [5.41, 5.74) is 1.03. The number of nitrogens with one attached hydrogen (secondary N) is 1. The Balaban J connectivity index is 2.20. The molecule has 1 fully saturated rings. The van der Waals surface area contributed by atoms with Gasteiger partial charge >= 0.3 is 0 Å². The number of ether oxygens (including phenoxy) is 1. The average molecular weight is 292 g/mol. The van der Waals surface area contributed by atoms with Gasteiger partial charge in [-0.3, -0.25) is 0 Å². The van der Waals surface area contributed by atoms with Crippen LogP contribution >= 0.6 is 0 Å². The van der Waals surface area contributed by atoms with Gasteiger partial charge in [0.05, 0.1) is 19.3 Å². The molecule has 0 amide bonds. The van der Waals surface area contributed by atoms with E-state index in [4.69, 9.17) is 9.72 Å². The SMILES string of the molecule is Cc1cc(N2CCOCC2CNC(C)C)nc(C(C)C)n1. The van der Waals surface area contributed by atoms with Gasteiger partial charge < -0.3 is 15.0 Å². The first kappa shape index (κ1) is 16.2. The van der Waals surface area contributed by atoms with E-state index in [2.05, 4.69) is 49.0 Å². The van der Waals surface area contributed by atoms with Gasteiger partial charge in [0.25, 0.3) is 0 Å². The number of aryl methyl sites for hydroxylation is 1. The molecule has 0 spiro atoms. The van der Waals surface area contributed by atoms with Crippen molar-refractivity contribution in [1.82, 2.24) is 15.3 Å². The zero-order valence-electron chi connectivity index (χ0n) is 13.9. The Hall–Kier alpha value is -1.20. The van der Waals surface area contributed by atoms with Gasteiger partial charge in [0, 0.05) is 36.8 Å². The maximum absolute atomic E-state index is 5.65. The van der Waals surface area contributed by atoms with Gasteiger partial charge in [-0.25, -0.2) is 9.97 Å². The first-order chi connectivity index (χ1) is 9.97. The standard InChI is InChI=1S/C16H28N4O/c1-11(2)16-18-13(5)8-15(19-16)20-6-7-21-10-14(20)9-17-12(3)4/h8,11-12,14,17H,6-7,9-10H2,1-5H3. The summed E-state index contributed by atoms with van der Waals surface area (Å²) in [4.78, 5) is 11.7. The molecular weight excluding hydrogens is 264 g/mol. The highest BCUT2D eigenvalue weighted by molar-refractivity contribution is 5.42. The predicted octanol–water partition coefficient (Wildman–Crippen LogP) is 2.11. The second-order valence-electron chi connectivity index (χ2n) is 6.37. The minimum Gasteiger partial charge on any atom is -0.377 e. The fraction of sp³-hybridized carbons (Fsp3) is 0.750. The Bertz CT molecular complexity index is 462. The Morgan fingerprint density at radius 1 is 1.33 bits per heavy atom. The van der Waals surface area contributed by atoms with Gasteiger partial charge in [-0.2, -0.15) is 0 Å². The maximum Gasteiger partial charge on any atom is 0.133 e. The van der Waals surface area contributed by atoms with E-state index in [0.717, 1.165) is 43.6 Å². The number of aromatic nitrogens is 2. The van der Waals surface area contributed by atoms with Crippen LogP contribution in [0, 0.1) is 6.92 Å². The molecule has 2 heterocycles. The molecule has 5 heteroatoms. The molecule has 1 aromatic heterocycles. The lowest BCUT2D eigenvalue weighted by atomic mass is 10.2. The van der Waals surface area contributed by atoms with Crippen LogP contribution in [0.25, 0.3) is 0 Å². The summed E-state index contributed by atoms with van der Waals surface area (Å²) in [5.74, 6) is 2.30. The molecule has 0 radical (unpaired) electrons. The van der Waals surface area contributed by atoms with Crippen LogP contribution < -0.4 is 10.2 Å². The lowest BCUT2D eigenvalue weighted by molar-refractivity contribution is 0.0927. The minimum atomic E-state index is 0.329. The highest BCUT2D eigenvalue weighted by Gasteiger charge is 2.25. The van der Waals surface area contributed by atoms with Gasteiger partial charge in [0.15, 0.2) is 0 Å². The molecular formula is C16H28N4O. The largest absolute Gasteiger partial charge is 0.377 e. The molecule has 0 aromatic carbocycles. The van der Waals surface area contributed by atoms with Crippen LogP contribution in [-0.2, 0) is 4.74 Å². The lowest BCUT2D eigenvalue weighted by Gasteiger charge is -2.37. The van der Waals surface area contributed by atoms with Crippen molar-refractivity contribution in [3.63, 3.8) is 0 Å². The molecule has 1 saturated heterocycles. The molecule has 1 aromatic rings. The van der Waals surface area contributed by atoms with Crippen LogP contribution in [0.15, 0.2) is 6.07 Å². The Morgan fingerprint density at radius 3 is 2.76 bits per heavy atom. The Morgan fingerprint density at radius 2 is 2.10 bits per heavy atom. The van der Waals surface area contributed by atoms with E-state index < -0.39 is 0 Å². The average Bonchev–Trinajstić information content (AvgIpc) is 2.44. The van der Waals surface area contributed by atoms with Crippen molar-refractivity contribution in [3.8, 4) is 0 Å². The molecule has 1 N–H and O–H groups in total. The number of hydrogen-bond donors (Lipinski definition) is 1. The van der Waals surface area contributed by atoms with E-state index in [0.29, 0.717) is 18.0 Å². The third-order valence-corrected chi connectivity index (χ3v) is 3.66. The van der Waals surface area contributed by atoms with Gasteiger partial charge in [0.2, 0.25) is 0 Å².